The van der Waals surface area contributed by atoms with Crippen LogP contribution < -0.4 is 10.6 Å². The Morgan fingerprint density at radius 2 is 0.903 bits per heavy atom. The van der Waals surface area contributed by atoms with Gasteiger partial charge >= 0.3 is 37.9 Å². The van der Waals surface area contributed by atoms with Gasteiger partial charge in [0.15, 0.2) is 0 Å². The van der Waals surface area contributed by atoms with Gasteiger partial charge in [-0.2, -0.15) is 12.1 Å². The van der Waals surface area contributed by atoms with Gasteiger partial charge in [0.25, 0.3) is 0 Å². The van der Waals surface area contributed by atoms with Gasteiger partial charge in [-0.1, -0.05) is 37.1 Å². The van der Waals surface area contributed by atoms with Crippen LogP contribution in [0.15, 0.2) is 48.5 Å². The zero-order valence-corrected chi connectivity index (χ0v) is 25.5. The van der Waals surface area contributed by atoms with Crippen LogP contribution in [0.25, 0.3) is 21.5 Å². The average molecular weight is 569 g/mol. The first-order chi connectivity index (χ1) is 14.6. The maximum absolute atomic E-state index is 4.93. The van der Waals surface area contributed by atoms with E-state index < -0.39 is 20.8 Å². The molecule has 4 rings (SSSR count). The number of fused-ring (bicyclic) bond motifs is 2. The van der Waals surface area contributed by atoms with Crippen LogP contribution in [0.2, 0.25) is 0 Å². The maximum atomic E-state index is 4.93. The van der Waals surface area contributed by atoms with Gasteiger partial charge in [-0.25, -0.2) is 0 Å². The van der Waals surface area contributed by atoms with Crippen LogP contribution in [0, 0.1) is 27.7 Å². The SMILES string of the molecule is Cc1ccc(C)c2[cH-]c(P(C)C)cc12.Cc1ccc(C)c2[cH-]c(P(C)C)cc12.[Cl][Zr+2][Cl]. The van der Waals surface area contributed by atoms with Crippen LogP contribution in [0.3, 0.4) is 0 Å². The van der Waals surface area contributed by atoms with Gasteiger partial charge in [0.2, 0.25) is 0 Å². The van der Waals surface area contributed by atoms with E-state index in [4.69, 9.17) is 17.0 Å². The fraction of sp³-hybridized carbons (Fsp3) is 0.308. The second kappa shape index (κ2) is 12.4. The second-order valence-electron chi connectivity index (χ2n) is 8.34. The number of benzene rings is 2. The Labute approximate surface area is 209 Å². The van der Waals surface area contributed by atoms with Crippen molar-refractivity contribution in [1.29, 1.82) is 0 Å². The van der Waals surface area contributed by atoms with E-state index in [9.17, 15) is 0 Å². The summed E-state index contributed by atoms with van der Waals surface area (Å²) < 4.78 is 0. The summed E-state index contributed by atoms with van der Waals surface area (Å²) in [5.74, 6) is 0. The molecule has 0 fully saturated rings. The first-order valence-corrected chi connectivity index (χ1v) is 21.0. The molecule has 31 heavy (non-hydrogen) atoms. The Morgan fingerprint density at radius 3 is 1.16 bits per heavy atom. The molecule has 164 valence electrons. The van der Waals surface area contributed by atoms with Gasteiger partial charge in [-0.15, -0.1) is 83.4 Å². The molecule has 0 radical (unpaired) electrons. The first kappa shape index (κ1) is 27.2. The van der Waals surface area contributed by atoms with Crippen molar-refractivity contribution in [3.63, 3.8) is 0 Å². The fourth-order valence-electron chi connectivity index (χ4n) is 3.67. The van der Waals surface area contributed by atoms with Crippen molar-refractivity contribution in [3.05, 3.63) is 70.8 Å². The molecule has 0 aliphatic carbocycles. The van der Waals surface area contributed by atoms with Crippen LogP contribution in [0.4, 0.5) is 0 Å². The zero-order valence-electron chi connectivity index (χ0n) is 19.8. The molecule has 0 N–H and O–H groups in total. The molecule has 5 heteroatoms. The Hall–Kier alpha value is -0.0169. The molecule has 0 bridgehead atoms. The Kier molecular flexibility index (Phi) is 10.9. The Balaban J connectivity index is 0.000000196. The van der Waals surface area contributed by atoms with Gasteiger partial charge in [0, 0.05) is 0 Å². The summed E-state index contributed by atoms with van der Waals surface area (Å²) in [6.07, 6.45) is 0. The van der Waals surface area contributed by atoms with Gasteiger partial charge < -0.3 is 0 Å². The van der Waals surface area contributed by atoms with Crippen molar-refractivity contribution < 1.29 is 20.8 Å². The molecule has 4 aromatic carbocycles. The van der Waals surface area contributed by atoms with E-state index in [0.717, 1.165) is 0 Å². The number of rotatable bonds is 2. The van der Waals surface area contributed by atoms with Gasteiger partial charge in [-0.3, -0.25) is 0 Å². The monoisotopic (exact) mass is 566 g/mol. The van der Waals surface area contributed by atoms with E-state index in [1.165, 1.54) is 54.4 Å². The van der Waals surface area contributed by atoms with Crippen LogP contribution >= 0.6 is 32.9 Å². The number of hydrogen-bond donors (Lipinski definition) is 0. The van der Waals surface area contributed by atoms with Crippen molar-refractivity contribution in [2.75, 3.05) is 26.7 Å². The zero-order chi connectivity index (χ0) is 23.3. The quantitative estimate of drug-likeness (QED) is 0.168. The number of halogens is 2. The van der Waals surface area contributed by atoms with Gasteiger partial charge in [0.05, 0.1) is 0 Å². The number of aryl methyl sites for hydroxylation is 4. The van der Waals surface area contributed by atoms with E-state index in [0.29, 0.717) is 0 Å². The molecule has 0 saturated carbocycles. The molecule has 0 nitrogen and oxygen atoms in total. The van der Waals surface area contributed by atoms with Crippen LogP contribution in [-0.2, 0) is 20.8 Å². The van der Waals surface area contributed by atoms with Crippen LogP contribution in [0.5, 0.6) is 0 Å². The summed E-state index contributed by atoms with van der Waals surface area (Å²) in [6, 6.07) is 18.3. The van der Waals surface area contributed by atoms with E-state index >= 15 is 0 Å². The van der Waals surface area contributed by atoms with E-state index in [1.54, 1.807) is 0 Å². The molecule has 4 aromatic rings. The summed E-state index contributed by atoms with van der Waals surface area (Å²) in [5, 5.41) is 8.81. The van der Waals surface area contributed by atoms with E-state index in [2.05, 4.69) is 103 Å². The van der Waals surface area contributed by atoms with Crippen molar-refractivity contribution in [2.24, 2.45) is 0 Å². The predicted octanol–water partition coefficient (Wildman–Crippen LogP) is 8.46. The predicted molar refractivity (Wildman–Crippen MR) is 147 cm³/mol. The molecule has 0 heterocycles. The van der Waals surface area contributed by atoms with E-state index in [-0.39, 0.29) is 15.8 Å². The summed E-state index contributed by atoms with van der Waals surface area (Å²) in [5.41, 5.74) is 5.59. The summed E-state index contributed by atoms with van der Waals surface area (Å²) >= 11 is -0.826. The van der Waals surface area contributed by atoms with Crippen molar-refractivity contribution >= 4 is 65.0 Å². The van der Waals surface area contributed by atoms with Crippen molar-refractivity contribution in [2.45, 2.75) is 27.7 Å². The third-order valence-electron chi connectivity index (χ3n) is 5.65. The van der Waals surface area contributed by atoms with Crippen molar-refractivity contribution in [1.82, 2.24) is 0 Å². The Bertz CT molecular complexity index is 971. The van der Waals surface area contributed by atoms with Crippen LogP contribution in [0.1, 0.15) is 22.3 Å². The molecule has 0 aliphatic rings. The first-order valence-electron chi connectivity index (χ1n) is 10.2. The minimum absolute atomic E-state index is 0.0328. The molecule has 0 spiro atoms. The molecule has 0 amide bonds. The summed E-state index contributed by atoms with van der Waals surface area (Å²) in [6.45, 7) is 18.0. The second-order valence-corrected chi connectivity index (χ2v) is 16.7. The summed E-state index contributed by atoms with van der Waals surface area (Å²) in [7, 11) is 9.93. The third kappa shape index (κ3) is 6.98. The molecule has 0 saturated heterocycles. The average Bonchev–Trinajstić information content (AvgIpc) is 3.35. The standard InChI is InChI=1S/2C13H16P.2ClH.Zr/c2*1-9-5-6-10(2)13-8-11(14(3)4)7-12(9)13;;;/h2*5-8H,1-4H3;2*1H;/q2*-1;;;+4/p-2. The summed E-state index contributed by atoms with van der Waals surface area (Å²) in [4.78, 5) is 0. The molecule has 0 unspecified atom stereocenters. The van der Waals surface area contributed by atoms with Gasteiger partial charge in [0.1, 0.15) is 0 Å². The van der Waals surface area contributed by atoms with Crippen molar-refractivity contribution in [3.8, 4) is 0 Å². The molecule has 0 aromatic heterocycles. The third-order valence-corrected chi connectivity index (χ3v) is 8.23. The van der Waals surface area contributed by atoms with E-state index in [1.807, 2.05) is 0 Å². The molecular formula is C26H32Cl2P2Zr. The molecular weight excluding hydrogens is 536 g/mol. The molecule has 0 aliphatic heterocycles. The van der Waals surface area contributed by atoms with Crippen LogP contribution in [-0.4, -0.2) is 26.7 Å². The fourth-order valence-corrected chi connectivity index (χ4v) is 5.22. The minimum atomic E-state index is -0.826. The number of hydrogen-bond acceptors (Lipinski definition) is 0. The molecule has 0 atom stereocenters. The van der Waals surface area contributed by atoms with Gasteiger partial charge in [-0.05, 0) is 40.5 Å². The Morgan fingerprint density at radius 1 is 0.613 bits per heavy atom. The normalized spacial score (nSPS) is 10.7. The topological polar surface area (TPSA) is 0 Å².